The zero-order chi connectivity index (χ0) is 41.8. The highest BCUT2D eigenvalue weighted by Crippen LogP contribution is 2.40. The Morgan fingerprint density at radius 2 is 1.75 bits per heavy atom. The Morgan fingerprint density at radius 3 is 2.49 bits per heavy atom. The van der Waals surface area contributed by atoms with Crippen LogP contribution in [0.2, 0.25) is 0 Å². The highest BCUT2D eigenvalue weighted by atomic mass is 32.1. The second-order valence-corrected chi connectivity index (χ2v) is 15.1. The summed E-state index contributed by atoms with van der Waals surface area (Å²) in [6, 6.07) is 15.2. The van der Waals surface area contributed by atoms with Crippen molar-refractivity contribution in [1.29, 1.82) is 0 Å². The molecule has 0 radical (unpaired) electrons. The van der Waals surface area contributed by atoms with Gasteiger partial charge in [0.1, 0.15) is 35.0 Å². The number of anilines is 1. The summed E-state index contributed by atoms with van der Waals surface area (Å²) in [7, 11) is 3.62. The molecule has 2 aromatic carbocycles. The third-order valence-electron chi connectivity index (χ3n) is 9.59. The fourth-order valence-electron chi connectivity index (χ4n) is 6.66. The van der Waals surface area contributed by atoms with Gasteiger partial charge in [-0.3, -0.25) is 24.5 Å². The number of thiazole rings is 1. The number of Topliss-reactive ketones (excluding diaryl/α,β-unsaturated/α-hetero) is 1. The number of imide groups is 1. The summed E-state index contributed by atoms with van der Waals surface area (Å²) < 4.78 is 59.6. The van der Waals surface area contributed by atoms with Crippen LogP contribution in [-0.2, 0) is 47.8 Å². The van der Waals surface area contributed by atoms with Crippen LogP contribution >= 0.6 is 11.3 Å². The summed E-state index contributed by atoms with van der Waals surface area (Å²) in [5.41, 5.74) is 1.54. The Balaban J connectivity index is 0.843. The van der Waals surface area contributed by atoms with E-state index in [0.717, 1.165) is 11.3 Å². The zero-order valence-electron chi connectivity index (χ0n) is 31.8. The lowest BCUT2D eigenvalue weighted by atomic mass is 10.0. The number of amides is 3. The first kappa shape index (κ1) is 41.1. The van der Waals surface area contributed by atoms with Gasteiger partial charge in [0.25, 0.3) is 5.91 Å². The standard InChI is InChI=1S/C41H37F3N6O8S/c1-49(2)34-11-4-24(20-45-34)30-9-7-29(37(46-30)41(42,43)44)39-47-31-8-3-23(18-33(31)59-39)17-26(51)13-14-56-15-16-57-22-36(53)58-27-5-6-28-25(19-27)21-50(40(28)55)32-10-12-35(52)48-38(32)54/h3-9,11,18-20,32H,10,12-17,21-22H2,1-2H3,(H,48,52,54). The summed E-state index contributed by atoms with van der Waals surface area (Å²) in [5, 5.41) is 2.41. The van der Waals surface area contributed by atoms with E-state index in [2.05, 4.69) is 20.3 Å². The van der Waals surface area contributed by atoms with Gasteiger partial charge in [0.05, 0.1) is 35.7 Å². The van der Waals surface area contributed by atoms with Gasteiger partial charge in [0, 0.05) is 62.8 Å². The number of carbonyl (C=O) groups is 5. The lowest BCUT2D eigenvalue weighted by Gasteiger charge is -2.29. The van der Waals surface area contributed by atoms with Crippen molar-refractivity contribution in [3.63, 3.8) is 0 Å². The number of nitrogens with one attached hydrogen (secondary N) is 1. The topological polar surface area (TPSA) is 170 Å². The first-order valence-electron chi connectivity index (χ1n) is 18.5. The number of piperidine rings is 1. The fraction of sp³-hybridized carbons (Fsp3) is 0.317. The number of carbonyl (C=O) groups excluding carboxylic acids is 5. The first-order valence-corrected chi connectivity index (χ1v) is 19.3. The molecule has 1 N–H and O–H groups in total. The number of esters is 1. The number of ether oxygens (including phenoxy) is 3. The fourth-order valence-corrected chi connectivity index (χ4v) is 7.71. The third kappa shape index (κ3) is 9.62. The maximum atomic E-state index is 14.3. The Hall–Kier alpha value is -6.11. The van der Waals surface area contributed by atoms with Crippen LogP contribution in [0.1, 0.15) is 46.4 Å². The van der Waals surface area contributed by atoms with Crippen molar-refractivity contribution in [3.8, 4) is 27.6 Å². The van der Waals surface area contributed by atoms with Crippen molar-refractivity contribution in [3.05, 3.63) is 89.2 Å². The number of pyridine rings is 2. The summed E-state index contributed by atoms with van der Waals surface area (Å²) in [6.45, 7) is 0.0548. The molecule has 0 aliphatic carbocycles. The van der Waals surface area contributed by atoms with E-state index in [1.165, 1.54) is 35.4 Å². The van der Waals surface area contributed by atoms with Crippen molar-refractivity contribution in [2.75, 3.05) is 45.4 Å². The maximum absolute atomic E-state index is 14.3. The molecule has 2 aliphatic rings. The van der Waals surface area contributed by atoms with E-state index in [1.54, 1.807) is 41.3 Å². The monoisotopic (exact) mass is 830 g/mol. The van der Waals surface area contributed by atoms with Crippen LogP contribution < -0.4 is 15.0 Å². The molecule has 0 spiro atoms. The van der Waals surface area contributed by atoms with Crippen LogP contribution in [0, 0.1) is 0 Å². The molecule has 5 aromatic rings. The van der Waals surface area contributed by atoms with Crippen LogP contribution in [0.5, 0.6) is 5.75 Å². The van der Waals surface area contributed by atoms with E-state index in [-0.39, 0.29) is 98.3 Å². The molecule has 1 atom stereocenters. The van der Waals surface area contributed by atoms with Crippen molar-refractivity contribution < 1.29 is 51.4 Å². The van der Waals surface area contributed by atoms with Gasteiger partial charge in [0.15, 0.2) is 5.69 Å². The second-order valence-electron chi connectivity index (χ2n) is 14.0. The quantitative estimate of drug-likeness (QED) is 0.0618. The minimum absolute atomic E-state index is 0.0582. The van der Waals surface area contributed by atoms with Gasteiger partial charge in [0.2, 0.25) is 11.8 Å². The molecule has 0 bridgehead atoms. The molecule has 1 unspecified atom stereocenters. The smallest absolute Gasteiger partial charge is 0.425 e. The molecule has 0 saturated carbocycles. The number of nitrogens with zero attached hydrogens (tertiary/aromatic N) is 5. The molecule has 59 heavy (non-hydrogen) atoms. The second kappa shape index (κ2) is 17.4. The summed E-state index contributed by atoms with van der Waals surface area (Å²) in [4.78, 5) is 77.6. The molecule has 14 nitrogen and oxygen atoms in total. The lowest BCUT2D eigenvalue weighted by molar-refractivity contribution is -0.141. The molecule has 1 fully saturated rings. The molecule has 306 valence electrons. The van der Waals surface area contributed by atoms with Gasteiger partial charge < -0.3 is 24.0 Å². The molecule has 2 aliphatic heterocycles. The van der Waals surface area contributed by atoms with E-state index >= 15 is 0 Å². The maximum Gasteiger partial charge on any atom is 0.434 e. The van der Waals surface area contributed by atoms with Gasteiger partial charge in [-0.25, -0.2) is 19.7 Å². The Kier molecular flexibility index (Phi) is 12.1. The third-order valence-corrected chi connectivity index (χ3v) is 10.6. The largest absolute Gasteiger partial charge is 0.434 e. The van der Waals surface area contributed by atoms with Gasteiger partial charge in [-0.2, -0.15) is 13.2 Å². The molecule has 3 aromatic heterocycles. The number of ketones is 1. The van der Waals surface area contributed by atoms with Gasteiger partial charge in [-0.15, -0.1) is 11.3 Å². The van der Waals surface area contributed by atoms with Gasteiger partial charge in [-0.05, 0) is 72.1 Å². The average molecular weight is 831 g/mol. The summed E-state index contributed by atoms with van der Waals surface area (Å²) >= 11 is 1.08. The number of halogens is 3. The van der Waals surface area contributed by atoms with E-state index in [0.29, 0.717) is 38.3 Å². The first-order chi connectivity index (χ1) is 28.2. The van der Waals surface area contributed by atoms with E-state index in [9.17, 15) is 37.1 Å². The van der Waals surface area contributed by atoms with Gasteiger partial charge in [-0.1, -0.05) is 6.07 Å². The zero-order valence-corrected chi connectivity index (χ0v) is 32.7. The Bertz CT molecular complexity index is 2440. The van der Waals surface area contributed by atoms with Crippen LogP contribution in [0.4, 0.5) is 19.0 Å². The summed E-state index contributed by atoms with van der Waals surface area (Å²) in [5.74, 6) is -1.15. The molecule has 7 rings (SSSR count). The molecule has 5 heterocycles. The van der Waals surface area contributed by atoms with Crippen LogP contribution in [0.15, 0.2) is 66.9 Å². The Labute approximate surface area is 339 Å². The summed E-state index contributed by atoms with van der Waals surface area (Å²) in [6.07, 6.45) is -2.68. The molecular formula is C41H37F3N6O8S. The predicted octanol–water partition coefficient (Wildman–Crippen LogP) is 5.41. The van der Waals surface area contributed by atoms with E-state index < -0.39 is 29.8 Å². The minimum atomic E-state index is -4.74. The van der Waals surface area contributed by atoms with Crippen molar-refractivity contribution in [2.45, 2.75) is 44.4 Å². The number of benzene rings is 2. The average Bonchev–Trinajstić information content (AvgIpc) is 3.77. The van der Waals surface area contributed by atoms with Gasteiger partial charge >= 0.3 is 12.1 Å². The minimum Gasteiger partial charge on any atom is -0.425 e. The van der Waals surface area contributed by atoms with E-state index in [4.69, 9.17) is 14.2 Å². The predicted molar refractivity (Wildman–Crippen MR) is 208 cm³/mol. The van der Waals surface area contributed by atoms with Crippen molar-refractivity contribution in [2.24, 2.45) is 0 Å². The molecule has 3 amide bonds. The lowest BCUT2D eigenvalue weighted by Crippen LogP contribution is -2.52. The Morgan fingerprint density at radius 1 is 0.949 bits per heavy atom. The number of hydrogen-bond acceptors (Lipinski definition) is 13. The van der Waals surface area contributed by atoms with Crippen molar-refractivity contribution >= 4 is 56.8 Å². The van der Waals surface area contributed by atoms with Crippen molar-refractivity contribution in [1.82, 2.24) is 25.2 Å². The molecule has 1 saturated heterocycles. The SMILES string of the molecule is CN(C)c1ccc(-c2ccc(-c3nc4ccc(CC(=O)CCOCCOCC(=O)Oc5ccc6c(c5)CN(C5CCC(=O)NC5=O)C6=O)cc4s3)c(C(F)(F)F)n2)cn1. The van der Waals surface area contributed by atoms with Crippen LogP contribution in [0.25, 0.3) is 32.0 Å². The number of rotatable bonds is 15. The number of alkyl halides is 3. The van der Waals surface area contributed by atoms with Crippen LogP contribution in [0.3, 0.4) is 0 Å². The number of aromatic nitrogens is 3. The highest BCUT2D eigenvalue weighted by molar-refractivity contribution is 7.21. The molecule has 18 heteroatoms. The number of hydrogen-bond donors (Lipinski definition) is 1. The molecular weight excluding hydrogens is 794 g/mol. The van der Waals surface area contributed by atoms with Crippen LogP contribution in [-0.4, -0.2) is 95.9 Å². The highest BCUT2D eigenvalue weighted by Gasteiger charge is 2.39. The van der Waals surface area contributed by atoms with E-state index in [1.807, 2.05) is 14.1 Å². The number of fused-ring (bicyclic) bond motifs is 2. The normalized spacial score (nSPS) is 15.4.